The van der Waals surface area contributed by atoms with E-state index in [9.17, 15) is 4.79 Å². The van der Waals surface area contributed by atoms with Gasteiger partial charge in [-0.2, -0.15) is 0 Å². The maximum absolute atomic E-state index is 11.0. The van der Waals surface area contributed by atoms with E-state index in [1.807, 2.05) is 18.2 Å². The molecule has 1 aromatic carbocycles. The number of carbonyl (C=O) groups excluding carboxylic acids is 1. The summed E-state index contributed by atoms with van der Waals surface area (Å²) in [6.07, 6.45) is 0.442. The molecule has 1 aromatic rings. The fourth-order valence-corrected chi connectivity index (χ4v) is 1.48. The molecule has 0 radical (unpaired) electrons. The first-order valence-corrected chi connectivity index (χ1v) is 5.73. The van der Waals surface area contributed by atoms with Crippen LogP contribution in [0.4, 0.5) is 5.69 Å². The summed E-state index contributed by atoms with van der Waals surface area (Å²) in [7, 11) is 0. The third kappa shape index (κ3) is 3.93. The molecule has 0 N–H and O–H groups in total. The molecule has 3 nitrogen and oxygen atoms in total. The molecule has 0 saturated carbocycles. The lowest BCUT2D eigenvalue weighted by Crippen LogP contribution is -2.27. The summed E-state index contributed by atoms with van der Waals surface area (Å²) in [6, 6.07) is 10.1. The van der Waals surface area contributed by atoms with E-state index < -0.39 is 0 Å². The summed E-state index contributed by atoms with van der Waals surface area (Å²) in [5.74, 6) is -0.135. The molecular weight excluding hydrogens is 202 g/mol. The SMILES string of the molecule is CCC(=O)OCCN(CC)c1ccccc1. The summed E-state index contributed by atoms with van der Waals surface area (Å²) in [6.45, 7) is 6.00. The molecule has 0 aromatic heterocycles. The Morgan fingerprint density at radius 2 is 1.94 bits per heavy atom. The van der Waals surface area contributed by atoms with E-state index in [0.29, 0.717) is 13.0 Å². The Labute approximate surface area is 97.0 Å². The number of para-hydroxylation sites is 1. The van der Waals surface area contributed by atoms with Crippen LogP contribution in [0.25, 0.3) is 0 Å². The largest absolute Gasteiger partial charge is 0.464 e. The van der Waals surface area contributed by atoms with E-state index in [1.54, 1.807) is 6.92 Å². The molecule has 0 aliphatic carbocycles. The van der Waals surface area contributed by atoms with Crippen molar-refractivity contribution in [3.05, 3.63) is 30.3 Å². The van der Waals surface area contributed by atoms with Gasteiger partial charge in [-0.15, -0.1) is 0 Å². The molecular formula is C13H19NO2. The first-order chi connectivity index (χ1) is 7.77. The van der Waals surface area contributed by atoms with Crippen molar-refractivity contribution in [3.8, 4) is 0 Å². The van der Waals surface area contributed by atoms with Crippen molar-refractivity contribution < 1.29 is 9.53 Å². The van der Waals surface area contributed by atoms with Gasteiger partial charge in [0.25, 0.3) is 0 Å². The zero-order chi connectivity index (χ0) is 11.8. The summed E-state index contributed by atoms with van der Waals surface area (Å²) in [5, 5.41) is 0. The lowest BCUT2D eigenvalue weighted by atomic mass is 10.3. The zero-order valence-electron chi connectivity index (χ0n) is 9.98. The smallest absolute Gasteiger partial charge is 0.305 e. The Balaban J connectivity index is 2.41. The minimum atomic E-state index is -0.135. The lowest BCUT2D eigenvalue weighted by Gasteiger charge is -2.22. The van der Waals surface area contributed by atoms with E-state index >= 15 is 0 Å². The molecule has 0 heterocycles. The van der Waals surface area contributed by atoms with Crippen molar-refractivity contribution in [2.24, 2.45) is 0 Å². The van der Waals surface area contributed by atoms with Gasteiger partial charge in [0.05, 0.1) is 6.54 Å². The number of anilines is 1. The highest BCUT2D eigenvalue weighted by Crippen LogP contribution is 2.11. The van der Waals surface area contributed by atoms with Crippen molar-refractivity contribution in [3.63, 3.8) is 0 Å². The molecule has 0 saturated heterocycles. The van der Waals surface area contributed by atoms with Crippen molar-refractivity contribution in [2.45, 2.75) is 20.3 Å². The second-order valence-corrected chi connectivity index (χ2v) is 3.49. The van der Waals surface area contributed by atoms with Crippen LogP contribution in [0.5, 0.6) is 0 Å². The molecule has 1 rings (SSSR count). The van der Waals surface area contributed by atoms with Gasteiger partial charge in [0.2, 0.25) is 0 Å². The van der Waals surface area contributed by atoms with Crippen LogP contribution in [0.15, 0.2) is 30.3 Å². The molecule has 0 aliphatic rings. The first kappa shape index (κ1) is 12.6. The van der Waals surface area contributed by atoms with Gasteiger partial charge in [-0.05, 0) is 19.1 Å². The predicted octanol–water partition coefficient (Wildman–Crippen LogP) is 2.47. The van der Waals surface area contributed by atoms with Crippen molar-refractivity contribution in [1.29, 1.82) is 0 Å². The summed E-state index contributed by atoms with van der Waals surface area (Å²) in [5.41, 5.74) is 1.16. The maximum Gasteiger partial charge on any atom is 0.305 e. The highest BCUT2D eigenvalue weighted by atomic mass is 16.5. The number of rotatable bonds is 6. The molecule has 16 heavy (non-hydrogen) atoms. The fourth-order valence-electron chi connectivity index (χ4n) is 1.48. The Morgan fingerprint density at radius 3 is 2.50 bits per heavy atom. The second kappa shape index (κ2) is 6.88. The highest BCUT2D eigenvalue weighted by molar-refractivity contribution is 5.68. The minimum Gasteiger partial charge on any atom is -0.464 e. The van der Waals surface area contributed by atoms with Gasteiger partial charge in [-0.3, -0.25) is 4.79 Å². The summed E-state index contributed by atoms with van der Waals surface area (Å²) < 4.78 is 5.06. The number of carbonyl (C=O) groups is 1. The van der Waals surface area contributed by atoms with Crippen molar-refractivity contribution >= 4 is 11.7 Å². The van der Waals surface area contributed by atoms with Crippen LogP contribution < -0.4 is 4.90 Å². The van der Waals surface area contributed by atoms with Crippen LogP contribution in [-0.4, -0.2) is 25.7 Å². The number of ether oxygens (including phenoxy) is 1. The van der Waals surface area contributed by atoms with E-state index in [0.717, 1.165) is 18.8 Å². The number of esters is 1. The Kier molecular flexibility index (Phi) is 5.40. The normalized spacial score (nSPS) is 9.88. The van der Waals surface area contributed by atoms with Crippen LogP contribution in [0.2, 0.25) is 0 Å². The average Bonchev–Trinajstić information content (AvgIpc) is 2.35. The van der Waals surface area contributed by atoms with Gasteiger partial charge in [0.1, 0.15) is 6.61 Å². The minimum absolute atomic E-state index is 0.135. The van der Waals surface area contributed by atoms with Crippen LogP contribution in [-0.2, 0) is 9.53 Å². The summed E-state index contributed by atoms with van der Waals surface area (Å²) >= 11 is 0. The van der Waals surface area contributed by atoms with Gasteiger partial charge >= 0.3 is 5.97 Å². The molecule has 0 aliphatic heterocycles. The van der Waals surface area contributed by atoms with Gasteiger partial charge in [0.15, 0.2) is 0 Å². The van der Waals surface area contributed by atoms with E-state index in [2.05, 4.69) is 24.0 Å². The molecule has 0 unspecified atom stereocenters. The highest BCUT2D eigenvalue weighted by Gasteiger charge is 2.04. The maximum atomic E-state index is 11.0. The first-order valence-electron chi connectivity index (χ1n) is 5.73. The molecule has 0 bridgehead atoms. The van der Waals surface area contributed by atoms with Crippen LogP contribution >= 0.6 is 0 Å². The van der Waals surface area contributed by atoms with Crippen LogP contribution in [0, 0.1) is 0 Å². The monoisotopic (exact) mass is 221 g/mol. The number of nitrogens with zero attached hydrogens (tertiary/aromatic N) is 1. The Bertz CT molecular complexity index is 311. The second-order valence-electron chi connectivity index (χ2n) is 3.49. The zero-order valence-corrected chi connectivity index (χ0v) is 9.98. The fraction of sp³-hybridized carbons (Fsp3) is 0.462. The third-order valence-corrected chi connectivity index (χ3v) is 2.42. The molecule has 3 heteroatoms. The standard InChI is InChI=1S/C13H19NO2/c1-3-13(15)16-11-10-14(4-2)12-8-6-5-7-9-12/h5-9H,3-4,10-11H2,1-2H3. The van der Waals surface area contributed by atoms with E-state index in [4.69, 9.17) is 4.74 Å². The number of likely N-dealkylation sites (N-methyl/N-ethyl adjacent to an activating group) is 1. The molecule has 0 fully saturated rings. The predicted molar refractivity (Wildman–Crippen MR) is 65.6 cm³/mol. The average molecular weight is 221 g/mol. The Morgan fingerprint density at radius 1 is 1.25 bits per heavy atom. The van der Waals surface area contributed by atoms with Gasteiger partial charge in [-0.1, -0.05) is 25.1 Å². The summed E-state index contributed by atoms with van der Waals surface area (Å²) in [4.78, 5) is 13.2. The third-order valence-electron chi connectivity index (χ3n) is 2.42. The molecule has 0 amide bonds. The molecule has 88 valence electrons. The van der Waals surface area contributed by atoms with Crippen molar-refractivity contribution in [1.82, 2.24) is 0 Å². The van der Waals surface area contributed by atoms with E-state index in [1.165, 1.54) is 0 Å². The number of hydrogen-bond donors (Lipinski definition) is 0. The van der Waals surface area contributed by atoms with Crippen molar-refractivity contribution in [2.75, 3.05) is 24.6 Å². The number of hydrogen-bond acceptors (Lipinski definition) is 3. The lowest BCUT2D eigenvalue weighted by molar-refractivity contribution is -0.142. The van der Waals surface area contributed by atoms with Gasteiger partial charge in [0, 0.05) is 18.7 Å². The topological polar surface area (TPSA) is 29.5 Å². The van der Waals surface area contributed by atoms with Gasteiger partial charge < -0.3 is 9.64 Å². The van der Waals surface area contributed by atoms with Crippen LogP contribution in [0.1, 0.15) is 20.3 Å². The molecule has 0 atom stereocenters. The van der Waals surface area contributed by atoms with E-state index in [-0.39, 0.29) is 5.97 Å². The van der Waals surface area contributed by atoms with Crippen LogP contribution in [0.3, 0.4) is 0 Å². The Hall–Kier alpha value is -1.51. The quantitative estimate of drug-likeness (QED) is 0.691. The molecule has 0 spiro atoms. The number of benzene rings is 1. The van der Waals surface area contributed by atoms with Gasteiger partial charge in [-0.25, -0.2) is 0 Å².